The third-order valence-corrected chi connectivity index (χ3v) is 11.7. The van der Waals surface area contributed by atoms with Crippen LogP contribution < -0.4 is 10.1 Å². The van der Waals surface area contributed by atoms with Crippen molar-refractivity contribution in [3.05, 3.63) is 77.4 Å². The van der Waals surface area contributed by atoms with Crippen LogP contribution in [0.15, 0.2) is 66.2 Å². The maximum absolute atomic E-state index is 12.6. The van der Waals surface area contributed by atoms with Crippen molar-refractivity contribution in [3.63, 3.8) is 0 Å². The molecule has 6 nitrogen and oxygen atoms in total. The molecule has 8 atom stereocenters. The largest absolute Gasteiger partial charge is 0.486 e. The fraction of sp³-hybridized carbons (Fsp3) is 0.579. The van der Waals surface area contributed by atoms with E-state index in [4.69, 9.17) is 4.74 Å². The first-order valence-corrected chi connectivity index (χ1v) is 16.9. The van der Waals surface area contributed by atoms with E-state index in [1.807, 2.05) is 43.5 Å². The van der Waals surface area contributed by atoms with Crippen molar-refractivity contribution in [1.82, 2.24) is 5.32 Å². The summed E-state index contributed by atoms with van der Waals surface area (Å²) < 4.78 is 43.6. The van der Waals surface area contributed by atoms with Crippen LogP contribution in [0.2, 0.25) is 0 Å². The van der Waals surface area contributed by atoms with Crippen molar-refractivity contribution in [1.29, 1.82) is 0 Å². The van der Waals surface area contributed by atoms with Crippen molar-refractivity contribution in [3.8, 4) is 5.75 Å². The first-order valence-electron chi connectivity index (χ1n) is 16.9. The highest BCUT2D eigenvalue weighted by Crippen LogP contribution is 2.66. The summed E-state index contributed by atoms with van der Waals surface area (Å²) in [5.74, 6) is 1.55. The molecule has 4 aliphatic rings. The van der Waals surface area contributed by atoms with Gasteiger partial charge in [0, 0.05) is 18.8 Å². The number of hydrogen-bond donors (Lipinski definition) is 3. The summed E-state index contributed by atoms with van der Waals surface area (Å²) in [5, 5.41) is 23.6. The van der Waals surface area contributed by atoms with Crippen LogP contribution >= 0.6 is 0 Å². The van der Waals surface area contributed by atoms with Crippen LogP contribution in [0.1, 0.15) is 82.4 Å². The Bertz CT molecular complexity index is 1430. The number of ketones is 2. The van der Waals surface area contributed by atoms with E-state index in [-0.39, 0.29) is 46.9 Å². The number of ether oxygens (including phenoxy) is 1. The summed E-state index contributed by atoms with van der Waals surface area (Å²) in [7, 11) is 1.85. The number of nitrogens with one attached hydrogen (secondary N) is 1. The van der Waals surface area contributed by atoms with Crippen LogP contribution in [0.3, 0.4) is 0 Å². The van der Waals surface area contributed by atoms with E-state index in [9.17, 15) is 33.0 Å². The zero-order valence-electron chi connectivity index (χ0n) is 27.6. The van der Waals surface area contributed by atoms with Gasteiger partial charge in [-0.25, -0.2) is 0 Å². The van der Waals surface area contributed by atoms with Crippen molar-refractivity contribution in [2.24, 2.45) is 34.5 Å². The molecule has 0 amide bonds. The van der Waals surface area contributed by atoms with Gasteiger partial charge in [0.25, 0.3) is 0 Å². The minimum atomic E-state index is -4.33. The Hall–Kier alpha value is -3.01. The number of aliphatic hydroxyl groups excluding tert-OH is 2. The zero-order chi connectivity index (χ0) is 34.0. The monoisotopic (exact) mass is 655 g/mol. The number of allylic oxidation sites excluding steroid dienone is 1. The van der Waals surface area contributed by atoms with Crippen LogP contribution in [0.25, 0.3) is 0 Å². The van der Waals surface area contributed by atoms with Crippen molar-refractivity contribution < 1.29 is 37.7 Å². The van der Waals surface area contributed by atoms with Crippen LogP contribution in [0.4, 0.5) is 13.2 Å². The summed E-state index contributed by atoms with van der Waals surface area (Å²) in [6.07, 6.45) is 3.51. The molecule has 3 saturated carbocycles. The summed E-state index contributed by atoms with van der Waals surface area (Å²) in [4.78, 5) is 24.2. The average molecular weight is 656 g/mol. The fourth-order valence-corrected chi connectivity index (χ4v) is 9.45. The molecule has 0 saturated heterocycles. The topological polar surface area (TPSA) is 95.9 Å². The lowest BCUT2D eigenvalue weighted by Crippen LogP contribution is -2.57. The second-order valence-corrected chi connectivity index (χ2v) is 14.4. The van der Waals surface area contributed by atoms with E-state index in [0.29, 0.717) is 30.4 Å². The highest BCUT2D eigenvalue weighted by Gasteiger charge is 2.62. The van der Waals surface area contributed by atoms with E-state index in [0.717, 1.165) is 62.8 Å². The lowest BCUT2D eigenvalue weighted by atomic mass is 9.46. The number of aliphatic hydroxyl groups is 2. The van der Waals surface area contributed by atoms with Gasteiger partial charge >= 0.3 is 6.18 Å². The number of Topliss-reactive ketones (excluding diaryl/α,β-unsaturated/α-hetero) is 1. The Kier molecular flexibility index (Phi) is 10.7. The Morgan fingerprint density at radius 3 is 2.38 bits per heavy atom. The van der Waals surface area contributed by atoms with Gasteiger partial charge in [-0.3, -0.25) is 9.59 Å². The van der Waals surface area contributed by atoms with E-state index in [2.05, 4.69) is 19.2 Å². The third-order valence-electron chi connectivity index (χ3n) is 11.7. The Morgan fingerprint density at radius 2 is 1.74 bits per heavy atom. The van der Waals surface area contributed by atoms with Crippen LogP contribution in [0, 0.1) is 34.5 Å². The molecule has 3 fully saturated rings. The van der Waals surface area contributed by atoms with Gasteiger partial charge in [-0.1, -0.05) is 49.8 Å². The highest BCUT2D eigenvalue weighted by atomic mass is 19.4. The van der Waals surface area contributed by atoms with Gasteiger partial charge < -0.3 is 20.3 Å². The molecule has 3 N–H and O–H groups in total. The van der Waals surface area contributed by atoms with E-state index < -0.39 is 17.8 Å². The molecule has 2 aromatic carbocycles. The SMILES string of the molecule is CNCCC(Oc1ccc(C(F)(F)F)cc1)c1ccccc1.C[C@]12C[C@H](O)[C@H]3[C@@H](CCC4=CC(=O)CC[C@@]43C)[C@@H]1CC[C@@H]2C(=O)CO. The second-order valence-electron chi connectivity index (χ2n) is 14.4. The third kappa shape index (κ3) is 7.22. The number of alkyl halides is 3. The minimum Gasteiger partial charge on any atom is -0.486 e. The molecule has 0 spiro atoms. The predicted octanol–water partition coefficient (Wildman–Crippen LogP) is 7.10. The smallest absolute Gasteiger partial charge is 0.416 e. The number of halogens is 3. The van der Waals surface area contributed by atoms with Crippen LogP contribution in [-0.2, 0) is 15.8 Å². The molecule has 2 aromatic rings. The molecule has 256 valence electrons. The van der Waals surface area contributed by atoms with E-state index in [1.165, 1.54) is 17.7 Å². The summed E-state index contributed by atoms with van der Waals surface area (Å²) in [6.45, 7) is 4.78. The number of carbonyl (C=O) groups excluding carboxylic acids is 2. The molecule has 4 aliphatic carbocycles. The Balaban J connectivity index is 0.000000186. The second kappa shape index (κ2) is 14.2. The molecule has 0 aliphatic heterocycles. The number of rotatable bonds is 8. The van der Waals surface area contributed by atoms with Gasteiger partial charge in [-0.15, -0.1) is 0 Å². The van der Waals surface area contributed by atoms with Gasteiger partial charge in [-0.2, -0.15) is 13.2 Å². The number of fused-ring (bicyclic) bond motifs is 5. The van der Waals surface area contributed by atoms with Crippen LogP contribution in [-0.4, -0.2) is 48.1 Å². The van der Waals surface area contributed by atoms with Gasteiger partial charge in [0.1, 0.15) is 18.5 Å². The maximum atomic E-state index is 12.6. The van der Waals surface area contributed by atoms with Gasteiger partial charge in [-0.05, 0) is 117 Å². The van der Waals surface area contributed by atoms with Crippen molar-refractivity contribution >= 4 is 11.6 Å². The van der Waals surface area contributed by atoms with Gasteiger partial charge in [0.2, 0.25) is 0 Å². The zero-order valence-corrected chi connectivity index (χ0v) is 27.6. The van der Waals surface area contributed by atoms with Crippen molar-refractivity contribution in [2.75, 3.05) is 20.2 Å². The summed E-state index contributed by atoms with van der Waals surface area (Å²) in [5.41, 5.74) is 1.30. The summed E-state index contributed by atoms with van der Waals surface area (Å²) in [6, 6.07) is 14.4. The Morgan fingerprint density at radius 1 is 1.04 bits per heavy atom. The fourth-order valence-electron chi connectivity index (χ4n) is 9.45. The molecule has 0 bridgehead atoms. The van der Waals surface area contributed by atoms with E-state index in [1.54, 1.807) is 0 Å². The minimum absolute atomic E-state index is 0.0541. The molecular weight excluding hydrogens is 607 g/mol. The highest BCUT2D eigenvalue weighted by molar-refractivity contribution is 5.91. The van der Waals surface area contributed by atoms with Crippen LogP contribution in [0.5, 0.6) is 5.75 Å². The molecule has 6 rings (SSSR count). The normalized spacial score (nSPS) is 32.1. The number of carbonyl (C=O) groups is 2. The first kappa shape index (κ1) is 35.3. The lowest BCUT2D eigenvalue weighted by Gasteiger charge is -2.59. The first-order chi connectivity index (χ1) is 22.3. The molecule has 47 heavy (non-hydrogen) atoms. The molecule has 0 heterocycles. The molecule has 0 radical (unpaired) electrons. The molecule has 1 unspecified atom stereocenters. The quantitative estimate of drug-likeness (QED) is 0.281. The van der Waals surface area contributed by atoms with Crippen molar-refractivity contribution in [2.45, 2.75) is 83.6 Å². The summed E-state index contributed by atoms with van der Waals surface area (Å²) >= 11 is 0. The van der Waals surface area contributed by atoms with Gasteiger partial charge in [0.05, 0.1) is 11.7 Å². The lowest BCUT2D eigenvalue weighted by molar-refractivity contribution is -0.146. The molecule has 0 aromatic heterocycles. The predicted molar refractivity (Wildman–Crippen MR) is 173 cm³/mol. The standard InChI is InChI=1S/C21H30O4.C17H18F3NO/c1-20-8-7-13(23)9-12(20)3-4-14-15-5-6-16(18(25)11-22)21(15,2)10-17(24)19(14)20;1-21-12-11-16(13-5-3-2-4-6-13)22-15-9-7-14(8-10-15)17(18,19)20/h9,14-17,19,22,24H,3-8,10-11H2,1-2H3;2-10,16,21H,11-12H2,1H3/t14-,15-,16+,17-,19+,20-,21-;/m0./s1. The van der Waals surface area contributed by atoms with Gasteiger partial charge in [0.15, 0.2) is 11.6 Å². The molecular formula is C38H48F3NO5. The Labute approximate surface area is 275 Å². The van der Waals surface area contributed by atoms with E-state index >= 15 is 0 Å². The average Bonchev–Trinajstić information content (AvgIpc) is 3.39. The number of hydrogen-bond acceptors (Lipinski definition) is 6. The molecule has 9 heteroatoms. The number of benzene rings is 2. The maximum Gasteiger partial charge on any atom is 0.416 e.